The molecule has 1 aliphatic rings. The van der Waals surface area contributed by atoms with E-state index in [2.05, 4.69) is 10.6 Å². The zero-order valence-electron chi connectivity index (χ0n) is 14.9. The second-order valence-electron chi connectivity index (χ2n) is 7.09. The molecule has 0 bridgehead atoms. The van der Waals surface area contributed by atoms with Crippen LogP contribution in [0, 0.1) is 18.8 Å². The van der Waals surface area contributed by atoms with Crippen LogP contribution in [0.25, 0.3) is 0 Å². The number of rotatable bonds is 7. The summed E-state index contributed by atoms with van der Waals surface area (Å²) in [4.78, 5) is 24.6. The molecular formula is C19H28N2O3. The van der Waals surface area contributed by atoms with E-state index in [1.807, 2.05) is 45.0 Å². The molecule has 2 amide bonds. The van der Waals surface area contributed by atoms with Gasteiger partial charge in [0.15, 0.2) is 0 Å². The van der Waals surface area contributed by atoms with Crippen molar-refractivity contribution in [1.82, 2.24) is 10.6 Å². The maximum Gasteiger partial charge on any atom is 0.245 e. The molecule has 3 atom stereocenters. The van der Waals surface area contributed by atoms with Crippen molar-refractivity contribution in [2.75, 3.05) is 0 Å². The molecule has 3 N–H and O–H groups in total. The van der Waals surface area contributed by atoms with E-state index in [1.54, 1.807) is 0 Å². The van der Waals surface area contributed by atoms with Crippen molar-refractivity contribution in [3.05, 3.63) is 35.4 Å². The number of amides is 2. The quantitative estimate of drug-likeness (QED) is 0.715. The summed E-state index contributed by atoms with van der Waals surface area (Å²) < 4.78 is 0. The summed E-state index contributed by atoms with van der Waals surface area (Å²) in [5, 5.41) is 15.6. The Hall–Kier alpha value is -1.88. The van der Waals surface area contributed by atoms with Gasteiger partial charge >= 0.3 is 0 Å². The van der Waals surface area contributed by atoms with Crippen LogP contribution in [-0.2, 0) is 9.59 Å². The minimum Gasteiger partial charge on any atom is -0.391 e. The van der Waals surface area contributed by atoms with Gasteiger partial charge in [0.25, 0.3) is 0 Å². The second kappa shape index (κ2) is 7.79. The number of aryl methyl sites for hydroxylation is 1. The topological polar surface area (TPSA) is 78.4 Å². The third-order valence-corrected chi connectivity index (χ3v) is 4.50. The van der Waals surface area contributed by atoms with Gasteiger partial charge < -0.3 is 15.7 Å². The number of hydrogen-bond donors (Lipinski definition) is 3. The highest BCUT2D eigenvalue weighted by Gasteiger charge is 2.35. The molecule has 1 fully saturated rings. The fourth-order valence-corrected chi connectivity index (χ4v) is 2.80. The van der Waals surface area contributed by atoms with Gasteiger partial charge in [-0.05, 0) is 43.7 Å². The number of nitrogens with one attached hydrogen (secondary N) is 2. The maximum absolute atomic E-state index is 12.7. The molecule has 1 aromatic rings. The highest BCUT2D eigenvalue weighted by Crippen LogP contribution is 2.29. The van der Waals surface area contributed by atoms with E-state index in [0.29, 0.717) is 0 Å². The van der Waals surface area contributed by atoms with Crippen LogP contribution in [-0.4, -0.2) is 29.1 Å². The average molecular weight is 332 g/mol. The summed E-state index contributed by atoms with van der Waals surface area (Å²) in [5.41, 5.74) is 2.16. The number of carbonyl (C=O) groups excluding carboxylic acids is 2. The molecule has 0 spiro atoms. The van der Waals surface area contributed by atoms with E-state index in [-0.39, 0.29) is 29.7 Å². The summed E-state index contributed by atoms with van der Waals surface area (Å²) in [7, 11) is 0. The predicted molar refractivity (Wildman–Crippen MR) is 93.2 cm³/mol. The Bertz CT molecular complexity index is 594. The predicted octanol–water partition coefficient (Wildman–Crippen LogP) is 2.08. The highest BCUT2D eigenvalue weighted by atomic mass is 16.3. The van der Waals surface area contributed by atoms with E-state index >= 15 is 0 Å². The summed E-state index contributed by atoms with van der Waals surface area (Å²) in [5.74, 6) is -0.311. The molecule has 5 heteroatoms. The molecule has 1 saturated carbocycles. The van der Waals surface area contributed by atoms with Gasteiger partial charge in [-0.2, -0.15) is 0 Å². The lowest BCUT2D eigenvalue weighted by Gasteiger charge is -2.28. The molecule has 24 heavy (non-hydrogen) atoms. The summed E-state index contributed by atoms with van der Waals surface area (Å²) in [6.07, 6.45) is 0.771. The van der Waals surface area contributed by atoms with Crippen LogP contribution in [0.4, 0.5) is 0 Å². The molecule has 1 aliphatic carbocycles. The van der Waals surface area contributed by atoms with Crippen molar-refractivity contribution < 1.29 is 14.7 Å². The molecule has 0 aliphatic heterocycles. The van der Waals surface area contributed by atoms with Crippen molar-refractivity contribution in [1.29, 1.82) is 0 Å². The number of aliphatic hydroxyl groups is 1. The van der Waals surface area contributed by atoms with E-state index in [4.69, 9.17) is 0 Å². The van der Waals surface area contributed by atoms with Crippen molar-refractivity contribution in [3.8, 4) is 0 Å². The largest absolute Gasteiger partial charge is 0.391 e. The van der Waals surface area contributed by atoms with Crippen LogP contribution in [0.3, 0.4) is 0 Å². The Kier molecular flexibility index (Phi) is 5.99. The fourth-order valence-electron chi connectivity index (χ4n) is 2.80. The van der Waals surface area contributed by atoms with E-state index in [0.717, 1.165) is 24.0 Å². The monoisotopic (exact) mass is 332 g/mol. The SMILES string of the molecule is Cc1ccccc1C(NC(=O)C(NC(=O)C1CC1)C(C)O)C(C)C. The van der Waals surface area contributed by atoms with Gasteiger partial charge in [-0.1, -0.05) is 38.1 Å². The first-order chi connectivity index (χ1) is 11.3. The van der Waals surface area contributed by atoms with Crippen molar-refractivity contribution >= 4 is 11.8 Å². The normalized spacial score (nSPS) is 17.9. The third-order valence-electron chi connectivity index (χ3n) is 4.50. The lowest BCUT2D eigenvalue weighted by molar-refractivity contribution is -0.132. The van der Waals surface area contributed by atoms with Crippen molar-refractivity contribution in [2.45, 2.75) is 58.7 Å². The van der Waals surface area contributed by atoms with E-state index in [9.17, 15) is 14.7 Å². The first kappa shape index (κ1) is 18.5. The lowest BCUT2D eigenvalue weighted by atomic mass is 9.92. The van der Waals surface area contributed by atoms with Gasteiger partial charge in [0.05, 0.1) is 12.1 Å². The smallest absolute Gasteiger partial charge is 0.245 e. The van der Waals surface area contributed by atoms with Crippen molar-refractivity contribution in [2.24, 2.45) is 11.8 Å². The van der Waals surface area contributed by atoms with Gasteiger partial charge in [-0.25, -0.2) is 0 Å². The Labute approximate surface area is 143 Å². The number of carbonyl (C=O) groups is 2. The highest BCUT2D eigenvalue weighted by molar-refractivity contribution is 5.90. The average Bonchev–Trinajstić information content (AvgIpc) is 3.35. The number of hydrogen-bond acceptors (Lipinski definition) is 3. The lowest BCUT2D eigenvalue weighted by Crippen LogP contribution is -2.53. The van der Waals surface area contributed by atoms with Crippen LogP contribution in [0.2, 0.25) is 0 Å². The molecule has 132 valence electrons. The molecular weight excluding hydrogens is 304 g/mol. The van der Waals surface area contributed by atoms with Crippen LogP contribution in [0.15, 0.2) is 24.3 Å². The molecule has 0 heterocycles. The van der Waals surface area contributed by atoms with E-state index in [1.165, 1.54) is 6.92 Å². The molecule has 5 nitrogen and oxygen atoms in total. The summed E-state index contributed by atoms with van der Waals surface area (Å²) in [6.45, 7) is 7.61. The van der Waals surface area contributed by atoms with Crippen LogP contribution in [0.5, 0.6) is 0 Å². The van der Waals surface area contributed by atoms with Gasteiger partial charge in [0.1, 0.15) is 6.04 Å². The number of aliphatic hydroxyl groups excluding tert-OH is 1. The Morgan fingerprint density at radius 3 is 2.25 bits per heavy atom. The maximum atomic E-state index is 12.7. The Morgan fingerprint density at radius 1 is 1.12 bits per heavy atom. The van der Waals surface area contributed by atoms with Gasteiger partial charge in [0.2, 0.25) is 11.8 Å². The summed E-state index contributed by atoms with van der Waals surface area (Å²) in [6, 6.07) is 6.83. The van der Waals surface area contributed by atoms with Gasteiger partial charge in [0, 0.05) is 5.92 Å². The fraction of sp³-hybridized carbons (Fsp3) is 0.579. The first-order valence-electron chi connectivity index (χ1n) is 8.65. The molecule has 3 unspecified atom stereocenters. The second-order valence-corrected chi connectivity index (χ2v) is 7.09. The standard InChI is InChI=1S/C19H28N2O3/c1-11(2)16(15-8-6-5-7-12(15)3)20-19(24)17(13(4)22)21-18(23)14-9-10-14/h5-8,11,13-14,16-17,22H,9-10H2,1-4H3,(H,20,24)(H,21,23). The zero-order valence-corrected chi connectivity index (χ0v) is 14.9. The van der Waals surface area contributed by atoms with Crippen molar-refractivity contribution in [3.63, 3.8) is 0 Å². The van der Waals surface area contributed by atoms with Crippen LogP contribution in [0.1, 0.15) is 50.8 Å². The van der Waals surface area contributed by atoms with E-state index < -0.39 is 12.1 Å². The number of benzene rings is 1. The minimum absolute atomic E-state index is 0.00341. The van der Waals surface area contributed by atoms with Gasteiger partial charge in [-0.15, -0.1) is 0 Å². The molecule has 1 aromatic carbocycles. The molecule has 0 saturated heterocycles. The third kappa shape index (κ3) is 4.57. The van der Waals surface area contributed by atoms with Crippen LogP contribution < -0.4 is 10.6 Å². The first-order valence-corrected chi connectivity index (χ1v) is 8.65. The van der Waals surface area contributed by atoms with Crippen LogP contribution >= 0.6 is 0 Å². The Morgan fingerprint density at radius 2 is 1.75 bits per heavy atom. The molecule has 2 rings (SSSR count). The molecule has 0 aromatic heterocycles. The Balaban J connectivity index is 2.12. The zero-order chi connectivity index (χ0) is 17.9. The summed E-state index contributed by atoms with van der Waals surface area (Å²) >= 11 is 0. The minimum atomic E-state index is -0.947. The van der Waals surface area contributed by atoms with Gasteiger partial charge in [-0.3, -0.25) is 9.59 Å². The molecule has 0 radical (unpaired) electrons.